The summed E-state index contributed by atoms with van der Waals surface area (Å²) in [5.41, 5.74) is 0.579. The summed E-state index contributed by atoms with van der Waals surface area (Å²) in [4.78, 5) is 10.8. The molecule has 1 aromatic rings. The molecular formula is C8H12N2O2. The van der Waals surface area contributed by atoms with Crippen LogP contribution in [0.3, 0.4) is 0 Å². The average molecular weight is 168 g/mol. The molecule has 4 heteroatoms. The quantitative estimate of drug-likeness (QED) is 0.667. The van der Waals surface area contributed by atoms with Gasteiger partial charge in [-0.2, -0.15) is 5.10 Å². The van der Waals surface area contributed by atoms with Gasteiger partial charge >= 0.3 is 0 Å². The van der Waals surface area contributed by atoms with Crippen LogP contribution in [0.5, 0.6) is 0 Å². The van der Waals surface area contributed by atoms with Crippen molar-refractivity contribution >= 4 is 5.78 Å². The first kappa shape index (κ1) is 8.93. The zero-order valence-electron chi connectivity index (χ0n) is 7.19. The average Bonchev–Trinajstić information content (AvgIpc) is 2.34. The Balaban J connectivity index is 2.71. The van der Waals surface area contributed by atoms with E-state index >= 15 is 0 Å². The third kappa shape index (κ3) is 2.17. The summed E-state index contributed by atoms with van der Waals surface area (Å²) in [5.74, 6) is -0.00755. The molecular weight excluding hydrogens is 156 g/mol. The van der Waals surface area contributed by atoms with Crippen LogP contribution in [0.15, 0.2) is 12.4 Å². The molecule has 0 fully saturated rings. The van der Waals surface area contributed by atoms with Gasteiger partial charge in [-0.1, -0.05) is 0 Å². The van der Waals surface area contributed by atoms with E-state index in [0.29, 0.717) is 12.1 Å². The van der Waals surface area contributed by atoms with Gasteiger partial charge in [-0.25, -0.2) is 0 Å². The minimum Gasteiger partial charge on any atom is -0.391 e. The molecule has 12 heavy (non-hydrogen) atoms. The predicted octanol–water partition coefficient (Wildman–Crippen LogP) is 0.467. The number of aliphatic hydroxyl groups excluding tert-OH is 1. The second-order valence-corrected chi connectivity index (χ2v) is 2.86. The van der Waals surface area contributed by atoms with E-state index in [-0.39, 0.29) is 5.78 Å². The van der Waals surface area contributed by atoms with E-state index in [9.17, 15) is 4.79 Å². The third-order valence-corrected chi connectivity index (χ3v) is 1.49. The molecule has 0 aliphatic rings. The van der Waals surface area contributed by atoms with E-state index in [2.05, 4.69) is 5.10 Å². The van der Waals surface area contributed by atoms with Gasteiger partial charge < -0.3 is 5.11 Å². The van der Waals surface area contributed by atoms with E-state index in [1.807, 2.05) is 0 Å². The highest BCUT2D eigenvalue weighted by Crippen LogP contribution is 1.99. The smallest absolute Gasteiger partial charge is 0.162 e. The van der Waals surface area contributed by atoms with Crippen LogP contribution < -0.4 is 0 Å². The highest BCUT2D eigenvalue weighted by atomic mass is 16.3. The Labute approximate surface area is 70.8 Å². The molecule has 1 atom stereocenters. The van der Waals surface area contributed by atoms with Crippen LogP contribution in [0.25, 0.3) is 0 Å². The van der Waals surface area contributed by atoms with E-state index < -0.39 is 6.10 Å². The third-order valence-electron chi connectivity index (χ3n) is 1.49. The SMILES string of the molecule is CC(=O)c1cnn(C[C@@H](C)O)c1. The van der Waals surface area contributed by atoms with Crippen molar-refractivity contribution in [2.24, 2.45) is 0 Å². The maximum Gasteiger partial charge on any atom is 0.162 e. The van der Waals surface area contributed by atoms with Crippen molar-refractivity contribution in [1.29, 1.82) is 0 Å². The van der Waals surface area contributed by atoms with Crippen LogP contribution in [-0.2, 0) is 6.54 Å². The first-order valence-corrected chi connectivity index (χ1v) is 3.81. The van der Waals surface area contributed by atoms with Crippen LogP contribution >= 0.6 is 0 Å². The van der Waals surface area contributed by atoms with E-state index in [1.54, 1.807) is 17.8 Å². The van der Waals surface area contributed by atoms with Crippen molar-refractivity contribution < 1.29 is 9.90 Å². The Bertz CT molecular complexity index is 278. The molecule has 1 heterocycles. The van der Waals surface area contributed by atoms with Gasteiger partial charge in [0.2, 0.25) is 0 Å². The fourth-order valence-corrected chi connectivity index (χ4v) is 0.916. The molecule has 0 saturated carbocycles. The first-order valence-electron chi connectivity index (χ1n) is 3.81. The lowest BCUT2D eigenvalue weighted by Gasteiger charge is -2.02. The Morgan fingerprint density at radius 2 is 2.50 bits per heavy atom. The zero-order valence-corrected chi connectivity index (χ0v) is 7.19. The summed E-state index contributed by atoms with van der Waals surface area (Å²) < 4.78 is 1.56. The Morgan fingerprint density at radius 3 is 2.92 bits per heavy atom. The van der Waals surface area contributed by atoms with Crippen LogP contribution in [0.1, 0.15) is 24.2 Å². The molecule has 0 unspecified atom stereocenters. The Hall–Kier alpha value is -1.16. The number of nitrogens with zero attached hydrogens (tertiary/aromatic N) is 2. The molecule has 0 radical (unpaired) electrons. The van der Waals surface area contributed by atoms with Gasteiger partial charge in [-0.15, -0.1) is 0 Å². The first-order chi connectivity index (χ1) is 5.59. The lowest BCUT2D eigenvalue weighted by atomic mass is 10.3. The predicted molar refractivity (Wildman–Crippen MR) is 43.9 cm³/mol. The fraction of sp³-hybridized carbons (Fsp3) is 0.500. The minimum atomic E-state index is -0.440. The van der Waals surface area contributed by atoms with E-state index in [4.69, 9.17) is 5.11 Å². The molecule has 4 nitrogen and oxygen atoms in total. The monoisotopic (exact) mass is 168 g/mol. The Morgan fingerprint density at radius 1 is 1.83 bits per heavy atom. The molecule has 0 amide bonds. The minimum absolute atomic E-state index is 0.00755. The maximum absolute atomic E-state index is 10.8. The molecule has 0 spiro atoms. The zero-order chi connectivity index (χ0) is 9.14. The molecule has 1 N–H and O–H groups in total. The summed E-state index contributed by atoms with van der Waals surface area (Å²) in [5, 5.41) is 12.9. The van der Waals surface area contributed by atoms with Crippen molar-refractivity contribution in [3.05, 3.63) is 18.0 Å². The van der Waals surface area contributed by atoms with Gasteiger partial charge in [-0.3, -0.25) is 9.48 Å². The largest absolute Gasteiger partial charge is 0.391 e. The number of aromatic nitrogens is 2. The van der Waals surface area contributed by atoms with Gasteiger partial charge in [0.1, 0.15) is 0 Å². The number of carbonyl (C=O) groups is 1. The summed E-state index contributed by atoms with van der Waals surface area (Å²) in [7, 11) is 0. The molecule has 66 valence electrons. The number of hydrogen-bond acceptors (Lipinski definition) is 3. The van der Waals surface area contributed by atoms with Crippen molar-refractivity contribution in [2.45, 2.75) is 26.5 Å². The fourth-order valence-electron chi connectivity index (χ4n) is 0.916. The van der Waals surface area contributed by atoms with Crippen LogP contribution in [0.4, 0.5) is 0 Å². The van der Waals surface area contributed by atoms with E-state index in [0.717, 1.165) is 0 Å². The van der Waals surface area contributed by atoms with Gasteiger partial charge in [-0.05, 0) is 13.8 Å². The highest BCUT2D eigenvalue weighted by molar-refractivity contribution is 5.93. The number of aliphatic hydroxyl groups is 1. The molecule has 0 aliphatic heterocycles. The number of Topliss-reactive ketones (excluding diaryl/α,β-unsaturated/α-hetero) is 1. The highest BCUT2D eigenvalue weighted by Gasteiger charge is 2.04. The molecule has 1 rings (SSSR count). The number of carbonyl (C=O) groups excluding carboxylic acids is 1. The molecule has 0 aromatic carbocycles. The second kappa shape index (κ2) is 3.49. The van der Waals surface area contributed by atoms with Gasteiger partial charge in [0.15, 0.2) is 5.78 Å². The second-order valence-electron chi connectivity index (χ2n) is 2.86. The van der Waals surface area contributed by atoms with Crippen LogP contribution in [-0.4, -0.2) is 26.8 Å². The summed E-state index contributed by atoms with van der Waals surface area (Å²) in [6.07, 6.45) is 2.70. The number of rotatable bonds is 3. The lowest BCUT2D eigenvalue weighted by Crippen LogP contribution is -2.11. The van der Waals surface area contributed by atoms with Crippen molar-refractivity contribution in [2.75, 3.05) is 0 Å². The summed E-state index contributed by atoms with van der Waals surface area (Å²) in [6.45, 7) is 3.59. The van der Waals surface area contributed by atoms with Crippen molar-refractivity contribution in [3.8, 4) is 0 Å². The van der Waals surface area contributed by atoms with Crippen LogP contribution in [0, 0.1) is 0 Å². The molecule has 0 bridgehead atoms. The van der Waals surface area contributed by atoms with Crippen molar-refractivity contribution in [1.82, 2.24) is 9.78 Å². The molecule has 1 aromatic heterocycles. The van der Waals surface area contributed by atoms with Crippen molar-refractivity contribution in [3.63, 3.8) is 0 Å². The lowest BCUT2D eigenvalue weighted by molar-refractivity contribution is 0.101. The van der Waals surface area contributed by atoms with Gasteiger partial charge in [0.05, 0.1) is 24.4 Å². The van der Waals surface area contributed by atoms with Gasteiger partial charge in [0, 0.05) is 6.20 Å². The maximum atomic E-state index is 10.8. The summed E-state index contributed by atoms with van der Waals surface area (Å²) >= 11 is 0. The van der Waals surface area contributed by atoms with Gasteiger partial charge in [0.25, 0.3) is 0 Å². The number of hydrogen-bond donors (Lipinski definition) is 1. The standard InChI is InChI=1S/C8H12N2O2/c1-6(11)4-10-5-8(3-9-10)7(2)12/h3,5-6,11H,4H2,1-2H3/t6-/m1/s1. The molecule has 0 aliphatic carbocycles. The summed E-state index contributed by atoms with van der Waals surface area (Å²) in [6, 6.07) is 0. The Kier molecular flexibility index (Phi) is 2.60. The number of ketones is 1. The van der Waals surface area contributed by atoms with E-state index in [1.165, 1.54) is 13.1 Å². The molecule has 0 saturated heterocycles. The normalized spacial score (nSPS) is 12.9. The van der Waals surface area contributed by atoms with Crippen LogP contribution in [0.2, 0.25) is 0 Å². The topological polar surface area (TPSA) is 55.1 Å².